The Labute approximate surface area is 406 Å². The van der Waals surface area contributed by atoms with Crippen molar-refractivity contribution in [1.29, 1.82) is 5.39 Å². The molecule has 0 amide bonds. The van der Waals surface area contributed by atoms with E-state index in [9.17, 15) is 30.3 Å². The number of nitro benzene ring substituents is 3. The number of nitrogens with one attached hydrogen (secondary N) is 2. The van der Waals surface area contributed by atoms with Crippen molar-refractivity contribution in [2.75, 3.05) is 21.6 Å². The number of aromatic nitrogens is 6. The summed E-state index contributed by atoms with van der Waals surface area (Å²) in [6.07, 6.45) is 0. The average Bonchev–Trinajstić information content (AvgIpc) is 3.99. The molecular formula is C43H58IN18O6+. The maximum Gasteiger partial charge on any atom is 0.385 e. The van der Waals surface area contributed by atoms with Gasteiger partial charge >= 0.3 is 5.69 Å². The van der Waals surface area contributed by atoms with Crippen molar-refractivity contribution in [2.24, 2.45) is 20.5 Å². The Balaban J connectivity index is 0.000000321. The number of diazo groups is 1. The maximum atomic E-state index is 10.7. The molecule has 68 heavy (non-hydrogen) atoms. The van der Waals surface area contributed by atoms with Crippen molar-refractivity contribution in [3.8, 4) is 0 Å². The van der Waals surface area contributed by atoms with Crippen molar-refractivity contribution in [1.82, 2.24) is 30.2 Å². The van der Waals surface area contributed by atoms with Crippen LogP contribution in [-0.4, -0.2) is 49.4 Å². The van der Waals surface area contributed by atoms with Gasteiger partial charge in [-0.2, -0.15) is 25.5 Å². The van der Waals surface area contributed by atoms with E-state index in [1.807, 2.05) is 54.5 Å². The van der Waals surface area contributed by atoms with Crippen molar-refractivity contribution >= 4 is 85.5 Å². The average molecular weight is 1050 g/mol. The summed E-state index contributed by atoms with van der Waals surface area (Å²) in [6, 6.07) is 18.8. The van der Waals surface area contributed by atoms with E-state index in [1.54, 1.807) is 16.8 Å². The van der Waals surface area contributed by atoms with E-state index in [0.717, 1.165) is 17.1 Å². The van der Waals surface area contributed by atoms with Crippen molar-refractivity contribution < 1.29 is 14.8 Å². The molecule has 0 aliphatic heterocycles. The van der Waals surface area contributed by atoms with Crippen LogP contribution in [0.1, 0.15) is 93.2 Å². The predicted octanol–water partition coefficient (Wildman–Crippen LogP) is 12.5. The molecule has 0 radical (unpaired) electrons. The number of hydrogen-bond acceptors (Lipinski definition) is 17. The van der Waals surface area contributed by atoms with Gasteiger partial charge in [-0.25, -0.2) is 4.68 Å². The number of azo groups is 2. The van der Waals surface area contributed by atoms with Crippen LogP contribution in [0.2, 0.25) is 0 Å². The Morgan fingerprint density at radius 1 is 0.662 bits per heavy atom. The van der Waals surface area contributed by atoms with Gasteiger partial charge in [-0.15, -0.1) is 10.2 Å². The molecule has 8 N–H and O–H groups in total. The zero-order chi connectivity index (χ0) is 51.6. The normalized spacial score (nSPS) is 11.2. The van der Waals surface area contributed by atoms with Gasteiger partial charge < -0.3 is 17.2 Å². The van der Waals surface area contributed by atoms with Crippen LogP contribution in [0.4, 0.5) is 63.0 Å². The number of alkyl halides is 1. The van der Waals surface area contributed by atoms with Crippen LogP contribution in [-0.2, 0) is 22.8 Å². The first kappa shape index (κ1) is 56.4. The second-order valence-corrected chi connectivity index (χ2v) is 18.8. The molecule has 0 bridgehead atoms. The summed E-state index contributed by atoms with van der Waals surface area (Å²) in [6.45, 7) is 23.1. The van der Waals surface area contributed by atoms with E-state index >= 15 is 0 Å². The largest absolute Gasteiger partial charge is 0.385 e. The number of rotatable bonds is 8. The van der Waals surface area contributed by atoms with Crippen LogP contribution in [0.3, 0.4) is 0 Å². The van der Waals surface area contributed by atoms with Crippen LogP contribution in [0.25, 0.3) is 4.98 Å². The number of aromatic amines is 2. The number of H-pyrrole nitrogens is 2. The third-order valence-electron chi connectivity index (χ3n) is 8.73. The van der Waals surface area contributed by atoms with Gasteiger partial charge in [-0.1, -0.05) is 91.8 Å². The number of hydrogen-bond donors (Lipinski definition) is 5. The highest BCUT2D eigenvalue weighted by atomic mass is 127. The minimum atomic E-state index is -0.513. The zero-order valence-electron chi connectivity index (χ0n) is 39.8. The minimum absolute atomic E-state index is 0.00663. The van der Waals surface area contributed by atoms with Gasteiger partial charge in [-0.05, 0) is 35.6 Å². The van der Waals surface area contributed by atoms with Gasteiger partial charge in [-0.3, -0.25) is 40.5 Å². The third-order valence-corrected chi connectivity index (χ3v) is 8.73. The number of anilines is 3. The highest BCUT2D eigenvalue weighted by Gasteiger charge is 2.26. The number of benzene rings is 3. The lowest BCUT2D eigenvalue weighted by atomic mass is 9.91. The van der Waals surface area contributed by atoms with E-state index in [0.29, 0.717) is 46.6 Å². The summed E-state index contributed by atoms with van der Waals surface area (Å²) in [5, 5.41) is 74.1. The summed E-state index contributed by atoms with van der Waals surface area (Å²) in [5.41, 5.74) is 22.0. The number of nitrogens with two attached hydrogens (primary N) is 3. The van der Waals surface area contributed by atoms with Crippen molar-refractivity contribution in [3.05, 3.63) is 131 Å². The zero-order valence-corrected chi connectivity index (χ0v) is 42.0. The first-order valence-corrected chi connectivity index (χ1v) is 22.2. The summed E-state index contributed by atoms with van der Waals surface area (Å²) in [5.74, 6) is 1.29. The fourth-order valence-corrected chi connectivity index (χ4v) is 5.14. The Hall–Kier alpha value is -7.76. The molecule has 6 rings (SSSR count). The third kappa shape index (κ3) is 17.6. The second kappa shape index (κ2) is 25.2. The van der Waals surface area contributed by atoms with E-state index < -0.39 is 14.8 Å². The molecule has 0 fully saturated rings. The summed E-state index contributed by atoms with van der Waals surface area (Å²) in [7, 11) is 0. The number of aryl methyl sites for hydroxylation is 1. The Bertz CT molecular complexity index is 2680. The molecule has 3 aromatic heterocycles. The molecule has 0 spiro atoms. The summed E-state index contributed by atoms with van der Waals surface area (Å²) in [4.78, 5) is 32.8. The molecule has 6 aromatic rings. The van der Waals surface area contributed by atoms with Crippen molar-refractivity contribution in [2.45, 2.75) is 99.0 Å². The molecule has 3 heterocycles. The van der Waals surface area contributed by atoms with E-state index in [1.165, 1.54) is 65.1 Å². The van der Waals surface area contributed by atoms with Gasteiger partial charge in [0.1, 0.15) is 11.6 Å². The SMILES string of the molecule is CC(C)(C)c1[nH]nc(N)c1N=Nc1ccc([N+](=O)[O-])cc1.CC(C)(C)c1cc(N)n[nH]1.CCI.CCn1nc(C(C)(C)C)c(N=Nc2ccc([N+](=O)[O-])cc2)c1N.N#[N+]c1ccc([N+](=O)[O-])cc1. The molecular weight excluding hydrogens is 991 g/mol. The lowest BCUT2D eigenvalue weighted by Gasteiger charge is -2.16. The molecule has 0 unspecified atom stereocenters. The first-order chi connectivity index (χ1) is 31.7. The van der Waals surface area contributed by atoms with Gasteiger partial charge in [0.15, 0.2) is 22.2 Å². The fourth-order valence-electron chi connectivity index (χ4n) is 5.14. The molecule has 0 saturated heterocycles. The van der Waals surface area contributed by atoms with Gasteiger partial charge in [0, 0.05) is 83.1 Å². The lowest BCUT2D eigenvalue weighted by molar-refractivity contribution is -0.385. The maximum absolute atomic E-state index is 10.7. The lowest BCUT2D eigenvalue weighted by Crippen LogP contribution is -2.13. The minimum Gasteiger partial charge on any atom is -0.382 e. The Morgan fingerprint density at radius 3 is 1.41 bits per heavy atom. The molecule has 0 saturated carbocycles. The van der Waals surface area contributed by atoms with E-state index in [4.69, 9.17) is 22.6 Å². The standard InChI is InChI=1S/C15H20N6O2.C13H16N6O2.C7H13N3.C6H4N3O2.C2H5I/c1-5-20-14(16)12(13(19-20)15(2,3)4)18-17-10-6-8-11(9-7-10)21(22)23;1-13(2,3)11-10(12(14)18-17-11)16-15-8-4-6-9(7-5-8)19(20)21;1-7(2,3)5-4-6(8)10-9-5;7-8-5-1-3-6(4-2-5)9(10)11;1-2-3/h6-9H,5,16H2,1-4H3;4-7H,1-3H3,(H3,14,17,18);4H,1-3H3,(H3,8,9,10);1-4H;2H2,1H3/q;;;+1;. The monoisotopic (exact) mass is 1050 g/mol. The summed E-state index contributed by atoms with van der Waals surface area (Å²) < 4.78 is 2.91. The first-order valence-electron chi connectivity index (χ1n) is 20.7. The molecule has 25 heteroatoms. The molecule has 0 aliphatic carbocycles. The topological polar surface area (TPSA) is 360 Å². The number of nitrogen functional groups attached to an aromatic ring is 3. The molecule has 0 atom stereocenters. The summed E-state index contributed by atoms with van der Waals surface area (Å²) >= 11 is 2.29. The van der Waals surface area contributed by atoms with E-state index in [2.05, 4.69) is 101 Å². The fraction of sp³-hybridized carbons (Fsp3) is 0.372. The highest BCUT2D eigenvalue weighted by molar-refractivity contribution is 14.1. The quantitative estimate of drug-likeness (QED) is 0.0237. The molecule has 3 aromatic carbocycles. The number of nitro groups is 3. The van der Waals surface area contributed by atoms with Crippen LogP contribution in [0.5, 0.6) is 0 Å². The number of nitrogens with zero attached hydrogens (tertiary/aromatic N) is 13. The van der Waals surface area contributed by atoms with Gasteiger partial charge in [0.2, 0.25) is 5.39 Å². The van der Waals surface area contributed by atoms with Crippen LogP contribution >= 0.6 is 22.6 Å². The number of halogens is 1. The second-order valence-electron chi connectivity index (χ2n) is 17.3. The Kier molecular flexibility index (Phi) is 20.9. The number of non-ortho nitro benzene ring substituents is 3. The smallest absolute Gasteiger partial charge is 0.382 e. The predicted molar refractivity (Wildman–Crippen MR) is 271 cm³/mol. The Morgan fingerprint density at radius 2 is 1.09 bits per heavy atom. The van der Waals surface area contributed by atoms with Crippen molar-refractivity contribution in [3.63, 3.8) is 0 Å². The van der Waals surface area contributed by atoms with Crippen LogP contribution < -0.4 is 17.2 Å². The molecule has 362 valence electrons. The van der Waals surface area contributed by atoms with Crippen LogP contribution in [0.15, 0.2) is 99.3 Å². The molecule has 0 aliphatic rings. The molecule has 24 nitrogen and oxygen atoms in total. The van der Waals surface area contributed by atoms with Gasteiger partial charge in [0.05, 0.1) is 37.5 Å². The highest BCUT2D eigenvalue weighted by Crippen LogP contribution is 2.37. The van der Waals surface area contributed by atoms with Gasteiger partial charge in [0.25, 0.3) is 17.1 Å². The van der Waals surface area contributed by atoms with E-state index in [-0.39, 0.29) is 39.1 Å². The van der Waals surface area contributed by atoms with Crippen LogP contribution in [0, 0.1) is 35.7 Å².